The quantitative estimate of drug-likeness (QED) is 0.902. The Labute approximate surface area is 110 Å². The fourth-order valence-electron chi connectivity index (χ4n) is 1.94. The lowest BCUT2D eigenvalue weighted by molar-refractivity contribution is -0.136. The van der Waals surface area contributed by atoms with Gasteiger partial charge in [-0.25, -0.2) is 4.68 Å². The van der Waals surface area contributed by atoms with Crippen LogP contribution in [0.25, 0.3) is 5.82 Å². The van der Waals surface area contributed by atoms with Crippen LogP contribution in [-0.2, 0) is 11.2 Å². The molecule has 0 aliphatic heterocycles. The first-order valence-corrected chi connectivity index (χ1v) is 5.81. The Morgan fingerprint density at radius 2 is 2.16 bits per heavy atom. The van der Waals surface area contributed by atoms with Crippen LogP contribution in [0.1, 0.15) is 17.0 Å². The van der Waals surface area contributed by atoms with Gasteiger partial charge in [0.05, 0.1) is 19.2 Å². The standard InChI is InChI=1S/C13H15N3O3/c1-8-10(7-13(17)18)9(2)16(15-8)11-5-4-6-12(14-11)19-3/h4-6H,7H2,1-3H3,(H,17,18). The van der Waals surface area contributed by atoms with Gasteiger partial charge in [-0.2, -0.15) is 10.1 Å². The molecule has 2 aromatic heterocycles. The third-order valence-corrected chi connectivity index (χ3v) is 2.90. The minimum atomic E-state index is -0.871. The molecule has 0 unspecified atom stereocenters. The molecule has 0 bridgehead atoms. The third-order valence-electron chi connectivity index (χ3n) is 2.90. The normalized spacial score (nSPS) is 10.5. The molecular weight excluding hydrogens is 246 g/mol. The third kappa shape index (κ3) is 2.57. The summed E-state index contributed by atoms with van der Waals surface area (Å²) in [6, 6.07) is 5.36. The Bertz CT molecular complexity index is 620. The van der Waals surface area contributed by atoms with Crippen molar-refractivity contribution in [2.75, 3.05) is 7.11 Å². The maximum atomic E-state index is 10.8. The first-order valence-electron chi connectivity index (χ1n) is 5.81. The SMILES string of the molecule is COc1cccc(-n2nc(C)c(CC(=O)O)c2C)n1. The number of carbonyl (C=O) groups is 1. The van der Waals surface area contributed by atoms with Gasteiger partial charge in [0.15, 0.2) is 5.82 Å². The molecule has 0 saturated carbocycles. The highest BCUT2D eigenvalue weighted by molar-refractivity contribution is 5.71. The fraction of sp³-hybridized carbons (Fsp3) is 0.308. The summed E-state index contributed by atoms with van der Waals surface area (Å²) >= 11 is 0. The lowest BCUT2D eigenvalue weighted by Crippen LogP contribution is -2.05. The molecule has 6 nitrogen and oxygen atoms in total. The number of methoxy groups -OCH3 is 1. The summed E-state index contributed by atoms with van der Waals surface area (Å²) in [6.07, 6.45) is -0.0400. The van der Waals surface area contributed by atoms with Crippen molar-refractivity contribution in [3.05, 3.63) is 35.2 Å². The number of pyridine rings is 1. The van der Waals surface area contributed by atoms with Crippen molar-refractivity contribution in [1.29, 1.82) is 0 Å². The molecule has 0 aliphatic carbocycles. The highest BCUT2D eigenvalue weighted by Gasteiger charge is 2.16. The number of aromatic nitrogens is 3. The number of ether oxygens (including phenoxy) is 1. The Morgan fingerprint density at radius 1 is 1.42 bits per heavy atom. The average Bonchev–Trinajstić information content (AvgIpc) is 2.66. The molecule has 6 heteroatoms. The predicted octanol–water partition coefficient (Wildman–Crippen LogP) is 1.52. The minimum absolute atomic E-state index is 0.0400. The summed E-state index contributed by atoms with van der Waals surface area (Å²) in [5.41, 5.74) is 2.20. The monoisotopic (exact) mass is 261 g/mol. The first kappa shape index (κ1) is 13.1. The molecule has 0 fully saturated rings. The smallest absolute Gasteiger partial charge is 0.307 e. The topological polar surface area (TPSA) is 77.2 Å². The van der Waals surface area contributed by atoms with Gasteiger partial charge in [0.1, 0.15) is 0 Å². The molecule has 2 heterocycles. The van der Waals surface area contributed by atoms with Crippen molar-refractivity contribution >= 4 is 5.97 Å². The molecule has 19 heavy (non-hydrogen) atoms. The molecule has 100 valence electrons. The van der Waals surface area contributed by atoms with E-state index in [4.69, 9.17) is 9.84 Å². The van der Waals surface area contributed by atoms with Gasteiger partial charge in [0.2, 0.25) is 5.88 Å². The first-order chi connectivity index (χ1) is 9.02. The van der Waals surface area contributed by atoms with Gasteiger partial charge in [-0.05, 0) is 19.9 Å². The van der Waals surface area contributed by atoms with Crippen molar-refractivity contribution in [3.8, 4) is 11.7 Å². The van der Waals surface area contributed by atoms with Crippen LogP contribution in [0.15, 0.2) is 18.2 Å². The molecule has 0 spiro atoms. The molecule has 0 radical (unpaired) electrons. The molecule has 0 amide bonds. The van der Waals surface area contributed by atoms with E-state index in [1.165, 1.54) is 0 Å². The number of carboxylic acid groups (broad SMARTS) is 1. The minimum Gasteiger partial charge on any atom is -0.481 e. The molecule has 0 atom stereocenters. The van der Waals surface area contributed by atoms with E-state index in [9.17, 15) is 4.79 Å². The summed E-state index contributed by atoms with van der Waals surface area (Å²) in [6.45, 7) is 3.63. The average molecular weight is 261 g/mol. The van der Waals surface area contributed by atoms with Crippen LogP contribution in [0.3, 0.4) is 0 Å². The van der Waals surface area contributed by atoms with E-state index < -0.39 is 5.97 Å². The van der Waals surface area contributed by atoms with Crippen LogP contribution in [-0.4, -0.2) is 33.0 Å². The Balaban J connectivity index is 2.48. The van der Waals surface area contributed by atoms with Crippen LogP contribution in [0.5, 0.6) is 5.88 Å². The fourth-order valence-corrected chi connectivity index (χ4v) is 1.94. The summed E-state index contributed by atoms with van der Waals surface area (Å²) < 4.78 is 6.71. The molecule has 0 aromatic carbocycles. The van der Waals surface area contributed by atoms with Crippen LogP contribution >= 0.6 is 0 Å². The zero-order valence-electron chi connectivity index (χ0n) is 11.0. The van der Waals surface area contributed by atoms with Crippen molar-refractivity contribution in [1.82, 2.24) is 14.8 Å². The van der Waals surface area contributed by atoms with Crippen LogP contribution in [0, 0.1) is 13.8 Å². The maximum absolute atomic E-state index is 10.8. The van der Waals surface area contributed by atoms with E-state index in [2.05, 4.69) is 10.1 Å². The van der Waals surface area contributed by atoms with E-state index in [-0.39, 0.29) is 6.42 Å². The largest absolute Gasteiger partial charge is 0.481 e. The molecule has 0 aliphatic rings. The van der Waals surface area contributed by atoms with Crippen LogP contribution in [0.4, 0.5) is 0 Å². The Kier molecular flexibility index (Phi) is 3.50. The summed E-state index contributed by atoms with van der Waals surface area (Å²) in [4.78, 5) is 15.1. The molecule has 2 rings (SSSR count). The number of aryl methyl sites for hydroxylation is 1. The highest BCUT2D eigenvalue weighted by Crippen LogP contribution is 2.18. The number of rotatable bonds is 4. The molecule has 1 N–H and O–H groups in total. The zero-order chi connectivity index (χ0) is 14.0. The number of nitrogens with zero attached hydrogens (tertiary/aromatic N) is 3. The van der Waals surface area contributed by atoms with Gasteiger partial charge in [-0.15, -0.1) is 0 Å². The number of carboxylic acids is 1. The molecule has 0 saturated heterocycles. The van der Waals surface area contributed by atoms with Gasteiger partial charge in [0, 0.05) is 17.3 Å². The van der Waals surface area contributed by atoms with Crippen molar-refractivity contribution in [2.45, 2.75) is 20.3 Å². The molecule has 2 aromatic rings. The second kappa shape index (κ2) is 5.09. The van der Waals surface area contributed by atoms with E-state index in [0.29, 0.717) is 17.4 Å². The van der Waals surface area contributed by atoms with E-state index in [1.807, 2.05) is 13.0 Å². The molecular formula is C13H15N3O3. The Hall–Kier alpha value is -2.37. The van der Waals surface area contributed by atoms with E-state index in [0.717, 1.165) is 11.3 Å². The second-order valence-electron chi connectivity index (χ2n) is 4.17. The van der Waals surface area contributed by atoms with Crippen molar-refractivity contribution in [3.63, 3.8) is 0 Å². The summed E-state index contributed by atoms with van der Waals surface area (Å²) in [5, 5.41) is 13.2. The lowest BCUT2D eigenvalue weighted by Gasteiger charge is -2.05. The maximum Gasteiger partial charge on any atom is 0.307 e. The van der Waals surface area contributed by atoms with Gasteiger partial charge < -0.3 is 9.84 Å². The Morgan fingerprint density at radius 3 is 2.79 bits per heavy atom. The number of aliphatic carboxylic acids is 1. The van der Waals surface area contributed by atoms with Gasteiger partial charge in [-0.1, -0.05) is 6.07 Å². The van der Waals surface area contributed by atoms with Gasteiger partial charge in [0.25, 0.3) is 0 Å². The summed E-state index contributed by atoms with van der Waals surface area (Å²) in [7, 11) is 1.54. The van der Waals surface area contributed by atoms with Gasteiger partial charge >= 0.3 is 5.97 Å². The number of hydrogen-bond acceptors (Lipinski definition) is 4. The highest BCUT2D eigenvalue weighted by atomic mass is 16.5. The van der Waals surface area contributed by atoms with Crippen molar-refractivity contribution < 1.29 is 14.6 Å². The zero-order valence-corrected chi connectivity index (χ0v) is 11.0. The number of hydrogen-bond donors (Lipinski definition) is 1. The van der Waals surface area contributed by atoms with E-state index >= 15 is 0 Å². The summed E-state index contributed by atoms with van der Waals surface area (Å²) in [5.74, 6) is 0.228. The lowest BCUT2D eigenvalue weighted by atomic mass is 10.1. The van der Waals surface area contributed by atoms with Crippen LogP contribution in [0.2, 0.25) is 0 Å². The predicted molar refractivity (Wildman–Crippen MR) is 68.7 cm³/mol. The van der Waals surface area contributed by atoms with E-state index in [1.54, 1.807) is 30.8 Å². The van der Waals surface area contributed by atoms with Crippen molar-refractivity contribution in [2.24, 2.45) is 0 Å². The van der Waals surface area contributed by atoms with Crippen LogP contribution < -0.4 is 4.74 Å². The second-order valence-corrected chi connectivity index (χ2v) is 4.17. The van der Waals surface area contributed by atoms with Gasteiger partial charge in [-0.3, -0.25) is 4.79 Å².